The third kappa shape index (κ3) is 2.34. The molecule has 0 spiro atoms. The highest BCUT2D eigenvalue weighted by Crippen LogP contribution is 2.30. The Labute approximate surface area is 116 Å². The molecule has 0 aliphatic rings. The molecule has 1 aromatic carbocycles. The molecular formula is C13H17N5O2. The number of aryl methyl sites for hydroxylation is 1. The number of non-ortho nitro benzene ring substituents is 1. The minimum atomic E-state index is -0.431. The van der Waals surface area contributed by atoms with Crippen LogP contribution in [-0.4, -0.2) is 19.9 Å². The van der Waals surface area contributed by atoms with Crippen molar-refractivity contribution in [1.29, 1.82) is 0 Å². The Morgan fingerprint density at radius 2 is 2.00 bits per heavy atom. The smallest absolute Gasteiger partial charge is 0.271 e. The lowest BCUT2D eigenvalue weighted by Gasteiger charge is -2.20. The number of nitro benzene ring substituents is 1. The van der Waals surface area contributed by atoms with Gasteiger partial charge < -0.3 is 5.73 Å². The zero-order valence-corrected chi connectivity index (χ0v) is 11.9. The highest BCUT2D eigenvalue weighted by Gasteiger charge is 2.26. The molecule has 0 saturated heterocycles. The molecule has 106 valence electrons. The minimum absolute atomic E-state index is 0.0135. The van der Waals surface area contributed by atoms with Gasteiger partial charge in [0.05, 0.1) is 16.3 Å². The van der Waals surface area contributed by atoms with Gasteiger partial charge in [-0.25, -0.2) is 4.68 Å². The molecule has 0 fully saturated rings. The number of hydrogen-bond acceptors (Lipinski definition) is 5. The van der Waals surface area contributed by atoms with Crippen LogP contribution in [0.3, 0.4) is 0 Å². The maximum absolute atomic E-state index is 10.9. The molecule has 1 aromatic heterocycles. The number of aromatic nitrogens is 3. The maximum Gasteiger partial charge on any atom is 0.271 e. The molecule has 2 aromatic rings. The van der Waals surface area contributed by atoms with Gasteiger partial charge in [0.15, 0.2) is 5.82 Å². The predicted molar refractivity (Wildman–Crippen MR) is 75.9 cm³/mol. The van der Waals surface area contributed by atoms with E-state index in [9.17, 15) is 10.1 Å². The first-order chi connectivity index (χ1) is 9.21. The van der Waals surface area contributed by atoms with Crippen molar-refractivity contribution in [1.82, 2.24) is 15.0 Å². The number of anilines is 1. The molecule has 7 nitrogen and oxygen atoms in total. The SMILES string of the molecule is Cc1ccc([N+](=O)[O-])cc1-n1nnc(N)c1C(C)(C)C. The van der Waals surface area contributed by atoms with E-state index >= 15 is 0 Å². The van der Waals surface area contributed by atoms with Gasteiger partial charge in [0.2, 0.25) is 0 Å². The quantitative estimate of drug-likeness (QED) is 0.669. The summed E-state index contributed by atoms with van der Waals surface area (Å²) < 4.78 is 1.58. The Morgan fingerprint density at radius 3 is 2.55 bits per heavy atom. The summed E-state index contributed by atoms with van der Waals surface area (Å²) in [5, 5.41) is 18.8. The van der Waals surface area contributed by atoms with Crippen LogP contribution in [-0.2, 0) is 5.41 Å². The van der Waals surface area contributed by atoms with E-state index in [1.54, 1.807) is 10.7 Å². The van der Waals surface area contributed by atoms with Crippen LogP contribution in [0.5, 0.6) is 0 Å². The third-order valence-electron chi connectivity index (χ3n) is 3.04. The topological polar surface area (TPSA) is 99.9 Å². The average Bonchev–Trinajstić information content (AvgIpc) is 2.71. The van der Waals surface area contributed by atoms with Gasteiger partial charge >= 0.3 is 0 Å². The fourth-order valence-electron chi connectivity index (χ4n) is 2.10. The lowest BCUT2D eigenvalue weighted by atomic mass is 9.91. The van der Waals surface area contributed by atoms with Gasteiger partial charge in [-0.1, -0.05) is 32.1 Å². The van der Waals surface area contributed by atoms with E-state index in [1.807, 2.05) is 27.7 Å². The molecule has 0 aliphatic carbocycles. The van der Waals surface area contributed by atoms with E-state index in [0.29, 0.717) is 11.5 Å². The molecule has 0 amide bonds. The largest absolute Gasteiger partial charge is 0.381 e. The number of nitro groups is 1. The standard InChI is InChI=1S/C13H17N5O2/c1-8-5-6-9(18(19)20)7-10(8)17-11(13(2,3)4)12(14)15-16-17/h5-7H,14H2,1-4H3. The summed E-state index contributed by atoms with van der Waals surface area (Å²) in [6, 6.07) is 4.65. The van der Waals surface area contributed by atoms with Crippen LogP contribution in [0.25, 0.3) is 5.69 Å². The summed E-state index contributed by atoms with van der Waals surface area (Å²) in [6.07, 6.45) is 0. The van der Waals surface area contributed by atoms with Crippen molar-refractivity contribution in [2.45, 2.75) is 33.1 Å². The van der Waals surface area contributed by atoms with Crippen LogP contribution in [0.15, 0.2) is 18.2 Å². The first kappa shape index (κ1) is 14.0. The fraction of sp³-hybridized carbons (Fsp3) is 0.385. The van der Waals surface area contributed by atoms with Crippen molar-refractivity contribution >= 4 is 11.5 Å². The predicted octanol–water partition coefficient (Wildman–Crippen LogP) is 2.36. The second-order valence-corrected chi connectivity index (χ2v) is 5.71. The van der Waals surface area contributed by atoms with Crippen molar-refractivity contribution in [3.05, 3.63) is 39.6 Å². The first-order valence-corrected chi connectivity index (χ1v) is 6.19. The van der Waals surface area contributed by atoms with Crippen molar-refractivity contribution in [2.24, 2.45) is 0 Å². The second-order valence-electron chi connectivity index (χ2n) is 5.71. The van der Waals surface area contributed by atoms with Gasteiger partial charge in [0.1, 0.15) is 0 Å². The van der Waals surface area contributed by atoms with E-state index in [1.165, 1.54) is 12.1 Å². The van der Waals surface area contributed by atoms with Gasteiger partial charge in [0, 0.05) is 17.5 Å². The number of nitrogens with two attached hydrogens (primary N) is 1. The molecule has 7 heteroatoms. The Balaban J connectivity index is 2.69. The van der Waals surface area contributed by atoms with Crippen molar-refractivity contribution in [3.63, 3.8) is 0 Å². The maximum atomic E-state index is 10.9. The molecule has 2 rings (SSSR count). The Kier molecular flexibility index (Phi) is 3.21. The minimum Gasteiger partial charge on any atom is -0.381 e. The molecule has 20 heavy (non-hydrogen) atoms. The van der Waals surface area contributed by atoms with Crippen LogP contribution in [0.1, 0.15) is 32.0 Å². The summed E-state index contributed by atoms with van der Waals surface area (Å²) in [7, 11) is 0. The first-order valence-electron chi connectivity index (χ1n) is 6.19. The van der Waals surface area contributed by atoms with Crippen molar-refractivity contribution < 1.29 is 4.92 Å². The monoisotopic (exact) mass is 275 g/mol. The van der Waals surface area contributed by atoms with Crippen LogP contribution >= 0.6 is 0 Å². The number of nitrogen functional groups attached to an aromatic ring is 1. The summed E-state index contributed by atoms with van der Waals surface area (Å²) in [5.74, 6) is 0.336. The van der Waals surface area contributed by atoms with E-state index in [0.717, 1.165) is 11.3 Å². The third-order valence-corrected chi connectivity index (χ3v) is 3.04. The fourth-order valence-corrected chi connectivity index (χ4v) is 2.10. The normalized spacial score (nSPS) is 11.6. The van der Waals surface area contributed by atoms with Crippen molar-refractivity contribution in [2.75, 3.05) is 5.73 Å². The molecule has 1 heterocycles. The molecule has 2 N–H and O–H groups in total. The average molecular weight is 275 g/mol. The van der Waals surface area contributed by atoms with E-state index in [-0.39, 0.29) is 11.1 Å². The second kappa shape index (κ2) is 4.59. The molecule has 0 saturated carbocycles. The van der Waals surface area contributed by atoms with Gasteiger partial charge in [0.25, 0.3) is 5.69 Å². The number of benzene rings is 1. The van der Waals surface area contributed by atoms with Crippen LogP contribution < -0.4 is 5.73 Å². The zero-order chi connectivity index (χ0) is 15.1. The summed E-state index contributed by atoms with van der Waals surface area (Å²) in [5.41, 5.74) is 7.85. The summed E-state index contributed by atoms with van der Waals surface area (Å²) >= 11 is 0. The van der Waals surface area contributed by atoms with Crippen molar-refractivity contribution in [3.8, 4) is 5.69 Å². The van der Waals surface area contributed by atoms with E-state index in [4.69, 9.17) is 5.73 Å². The Hall–Kier alpha value is -2.44. The number of hydrogen-bond donors (Lipinski definition) is 1. The molecule has 0 aliphatic heterocycles. The Morgan fingerprint density at radius 1 is 1.35 bits per heavy atom. The van der Waals surface area contributed by atoms with Gasteiger partial charge in [-0.3, -0.25) is 10.1 Å². The zero-order valence-electron chi connectivity index (χ0n) is 11.9. The molecule has 0 atom stereocenters. The van der Waals surface area contributed by atoms with Crippen LogP contribution in [0.4, 0.5) is 11.5 Å². The van der Waals surface area contributed by atoms with Gasteiger partial charge in [-0.05, 0) is 12.5 Å². The number of rotatable bonds is 2. The van der Waals surface area contributed by atoms with E-state index in [2.05, 4.69) is 10.3 Å². The highest BCUT2D eigenvalue weighted by atomic mass is 16.6. The molecule has 0 bridgehead atoms. The van der Waals surface area contributed by atoms with Crippen LogP contribution in [0.2, 0.25) is 0 Å². The summed E-state index contributed by atoms with van der Waals surface area (Å²) in [4.78, 5) is 10.5. The highest BCUT2D eigenvalue weighted by molar-refractivity contribution is 5.52. The lowest BCUT2D eigenvalue weighted by molar-refractivity contribution is -0.384. The van der Waals surface area contributed by atoms with Gasteiger partial charge in [-0.2, -0.15) is 0 Å². The Bertz CT molecular complexity index is 670. The molecule has 0 radical (unpaired) electrons. The van der Waals surface area contributed by atoms with Crippen LogP contribution in [0, 0.1) is 17.0 Å². The lowest BCUT2D eigenvalue weighted by Crippen LogP contribution is -2.19. The van der Waals surface area contributed by atoms with Gasteiger partial charge in [-0.15, -0.1) is 5.10 Å². The molecular weight excluding hydrogens is 258 g/mol. The van der Waals surface area contributed by atoms with E-state index < -0.39 is 4.92 Å². The molecule has 0 unspecified atom stereocenters. The number of nitrogens with zero attached hydrogens (tertiary/aromatic N) is 4. The summed E-state index contributed by atoms with van der Waals surface area (Å²) in [6.45, 7) is 7.84.